The molecule has 1 aromatic rings. The van der Waals surface area contributed by atoms with E-state index in [9.17, 15) is 0 Å². The van der Waals surface area contributed by atoms with Crippen LogP contribution in [0, 0.1) is 5.92 Å². The van der Waals surface area contributed by atoms with Gasteiger partial charge in [-0.05, 0) is 43.1 Å². The predicted octanol–water partition coefficient (Wildman–Crippen LogP) is 4.74. The molecule has 0 heterocycles. The van der Waals surface area contributed by atoms with Crippen molar-refractivity contribution in [3.05, 3.63) is 35.9 Å². The minimum atomic E-state index is 0.620. The number of hydrogen-bond donors (Lipinski definition) is 1. The molecule has 0 saturated heterocycles. The minimum absolute atomic E-state index is 0.620. The fourth-order valence-corrected chi connectivity index (χ4v) is 3.31. The molecule has 1 heteroatoms. The van der Waals surface area contributed by atoms with E-state index < -0.39 is 0 Å². The van der Waals surface area contributed by atoms with Gasteiger partial charge in [0.15, 0.2) is 0 Å². The Hall–Kier alpha value is -0.820. The summed E-state index contributed by atoms with van der Waals surface area (Å²) in [7, 11) is 0. The fraction of sp³-hybridized carbons (Fsp3) is 0.667. The van der Waals surface area contributed by atoms with Crippen LogP contribution in [0.1, 0.15) is 63.9 Å². The molecule has 1 aliphatic carbocycles. The summed E-state index contributed by atoms with van der Waals surface area (Å²) in [6, 6.07) is 11.6. The first kappa shape index (κ1) is 14.6. The van der Waals surface area contributed by atoms with Crippen LogP contribution in [0.25, 0.3) is 0 Å². The fourth-order valence-electron chi connectivity index (χ4n) is 3.31. The summed E-state index contributed by atoms with van der Waals surface area (Å²) in [6.45, 7) is 5.75. The van der Waals surface area contributed by atoms with Gasteiger partial charge in [-0.25, -0.2) is 0 Å². The molecule has 19 heavy (non-hydrogen) atoms. The topological polar surface area (TPSA) is 12.0 Å². The zero-order chi connectivity index (χ0) is 13.5. The Morgan fingerprint density at radius 3 is 2.42 bits per heavy atom. The molecule has 0 spiro atoms. The lowest BCUT2D eigenvalue weighted by Gasteiger charge is -2.30. The van der Waals surface area contributed by atoms with Crippen molar-refractivity contribution in [2.45, 2.75) is 64.3 Å². The molecule has 1 N–H and O–H groups in total. The molecule has 0 aromatic heterocycles. The third-order valence-corrected chi connectivity index (χ3v) is 4.62. The Balaban J connectivity index is 1.69. The highest BCUT2D eigenvalue weighted by atomic mass is 14.9. The zero-order valence-corrected chi connectivity index (χ0v) is 12.6. The molecule has 1 aromatic carbocycles. The maximum Gasteiger partial charge on any atom is 0.00675 e. The van der Waals surface area contributed by atoms with Crippen LogP contribution in [0.2, 0.25) is 0 Å². The van der Waals surface area contributed by atoms with Gasteiger partial charge < -0.3 is 5.32 Å². The molecule has 106 valence electrons. The first-order chi connectivity index (χ1) is 9.29. The smallest absolute Gasteiger partial charge is 0.00675 e. The van der Waals surface area contributed by atoms with Crippen LogP contribution >= 0.6 is 0 Å². The van der Waals surface area contributed by atoms with Crippen LogP contribution in [0.15, 0.2) is 30.3 Å². The second kappa shape index (κ2) is 7.69. The molecular formula is C18H29N. The van der Waals surface area contributed by atoms with E-state index in [1.165, 1.54) is 44.1 Å². The molecule has 1 atom stereocenters. The molecule has 0 bridgehead atoms. The van der Waals surface area contributed by atoms with Crippen LogP contribution in [-0.2, 0) is 0 Å². The Morgan fingerprint density at radius 2 is 1.79 bits per heavy atom. The molecule has 1 saturated carbocycles. The Bertz CT molecular complexity index is 338. The minimum Gasteiger partial charge on any atom is -0.313 e. The maximum atomic E-state index is 3.78. The summed E-state index contributed by atoms with van der Waals surface area (Å²) in [4.78, 5) is 0. The lowest BCUT2D eigenvalue weighted by atomic mass is 9.83. The quantitative estimate of drug-likeness (QED) is 0.778. The van der Waals surface area contributed by atoms with Gasteiger partial charge in [0, 0.05) is 12.6 Å². The third kappa shape index (κ3) is 4.65. The van der Waals surface area contributed by atoms with Gasteiger partial charge in [-0.15, -0.1) is 0 Å². The van der Waals surface area contributed by atoms with Gasteiger partial charge in [-0.1, -0.05) is 57.0 Å². The molecule has 1 unspecified atom stereocenters. The lowest BCUT2D eigenvalue weighted by Crippen LogP contribution is -2.35. The summed E-state index contributed by atoms with van der Waals surface area (Å²) in [5.41, 5.74) is 1.45. The third-order valence-electron chi connectivity index (χ3n) is 4.62. The molecule has 0 aliphatic heterocycles. The summed E-state index contributed by atoms with van der Waals surface area (Å²) in [6.07, 6.45) is 8.43. The number of rotatable bonds is 6. The van der Waals surface area contributed by atoms with E-state index in [0.29, 0.717) is 5.92 Å². The van der Waals surface area contributed by atoms with Crippen LogP contribution < -0.4 is 5.32 Å². The van der Waals surface area contributed by atoms with E-state index >= 15 is 0 Å². The van der Waals surface area contributed by atoms with Crippen LogP contribution in [0.4, 0.5) is 0 Å². The van der Waals surface area contributed by atoms with Crippen molar-refractivity contribution in [2.24, 2.45) is 5.92 Å². The monoisotopic (exact) mass is 259 g/mol. The van der Waals surface area contributed by atoms with Crippen molar-refractivity contribution in [2.75, 3.05) is 6.54 Å². The van der Waals surface area contributed by atoms with E-state index in [-0.39, 0.29) is 0 Å². The predicted molar refractivity (Wildman–Crippen MR) is 83.5 cm³/mol. The second-order valence-electron chi connectivity index (χ2n) is 6.23. The summed E-state index contributed by atoms with van der Waals surface area (Å²) >= 11 is 0. The summed E-state index contributed by atoms with van der Waals surface area (Å²) in [5.74, 6) is 1.63. The van der Waals surface area contributed by atoms with Gasteiger partial charge in [0.1, 0.15) is 0 Å². The number of nitrogens with one attached hydrogen (secondary N) is 1. The van der Waals surface area contributed by atoms with Gasteiger partial charge in [-0.3, -0.25) is 0 Å². The highest BCUT2D eigenvalue weighted by molar-refractivity contribution is 5.19. The average Bonchev–Trinajstić information content (AvgIpc) is 2.47. The summed E-state index contributed by atoms with van der Waals surface area (Å²) in [5, 5.41) is 3.78. The molecule has 0 radical (unpaired) electrons. The highest BCUT2D eigenvalue weighted by Gasteiger charge is 2.20. The largest absolute Gasteiger partial charge is 0.313 e. The van der Waals surface area contributed by atoms with Crippen molar-refractivity contribution in [3.63, 3.8) is 0 Å². The van der Waals surface area contributed by atoms with E-state index in [1.54, 1.807) is 0 Å². The number of hydrogen-bond acceptors (Lipinski definition) is 1. The van der Waals surface area contributed by atoms with E-state index in [0.717, 1.165) is 18.5 Å². The first-order valence-corrected chi connectivity index (χ1v) is 8.08. The second-order valence-corrected chi connectivity index (χ2v) is 6.23. The zero-order valence-electron chi connectivity index (χ0n) is 12.6. The maximum absolute atomic E-state index is 3.78. The van der Waals surface area contributed by atoms with Gasteiger partial charge in [0.25, 0.3) is 0 Å². The highest BCUT2D eigenvalue weighted by Crippen LogP contribution is 2.28. The summed E-state index contributed by atoms with van der Waals surface area (Å²) < 4.78 is 0. The normalized spacial score (nSPS) is 25.2. The van der Waals surface area contributed by atoms with Crippen molar-refractivity contribution in [1.82, 2.24) is 5.32 Å². The van der Waals surface area contributed by atoms with Crippen molar-refractivity contribution >= 4 is 0 Å². The molecule has 2 rings (SSSR count). The number of benzene rings is 1. The van der Waals surface area contributed by atoms with E-state index in [1.807, 2.05) is 0 Å². The molecule has 1 fully saturated rings. The average molecular weight is 259 g/mol. The van der Waals surface area contributed by atoms with Crippen LogP contribution in [0.5, 0.6) is 0 Å². The van der Waals surface area contributed by atoms with Gasteiger partial charge in [0.05, 0.1) is 0 Å². The van der Waals surface area contributed by atoms with Crippen LogP contribution in [-0.4, -0.2) is 12.6 Å². The van der Waals surface area contributed by atoms with E-state index in [2.05, 4.69) is 49.5 Å². The lowest BCUT2D eigenvalue weighted by molar-refractivity contribution is 0.276. The van der Waals surface area contributed by atoms with Gasteiger partial charge in [0.2, 0.25) is 0 Å². The first-order valence-electron chi connectivity index (χ1n) is 8.08. The molecule has 1 aliphatic rings. The molecule has 0 amide bonds. The Labute approximate surface area is 118 Å². The van der Waals surface area contributed by atoms with Gasteiger partial charge in [-0.2, -0.15) is 0 Å². The Morgan fingerprint density at radius 1 is 1.11 bits per heavy atom. The standard InChI is InChI=1S/C18H29N/c1-3-7-16-10-12-18(13-11-16)19-14-15(2)17-8-5-4-6-9-17/h4-6,8-9,15-16,18-19H,3,7,10-14H2,1-2H3. The van der Waals surface area contributed by atoms with Gasteiger partial charge >= 0.3 is 0 Å². The Kier molecular flexibility index (Phi) is 5.91. The van der Waals surface area contributed by atoms with E-state index in [4.69, 9.17) is 0 Å². The van der Waals surface area contributed by atoms with Crippen molar-refractivity contribution < 1.29 is 0 Å². The van der Waals surface area contributed by atoms with Crippen molar-refractivity contribution in [1.29, 1.82) is 0 Å². The molecule has 1 nitrogen and oxygen atoms in total. The van der Waals surface area contributed by atoms with Crippen molar-refractivity contribution in [3.8, 4) is 0 Å². The van der Waals surface area contributed by atoms with Crippen LogP contribution in [0.3, 0.4) is 0 Å². The molecular weight excluding hydrogens is 230 g/mol. The SMILES string of the molecule is CCCC1CCC(NCC(C)c2ccccc2)CC1.